The topological polar surface area (TPSA) is 97.6 Å². The molecule has 0 unspecified atom stereocenters. The number of rotatable bonds is 4. The van der Waals surface area contributed by atoms with Gasteiger partial charge in [0.05, 0.1) is 22.5 Å². The maximum absolute atomic E-state index is 15.6. The van der Waals surface area contributed by atoms with Gasteiger partial charge in [0.2, 0.25) is 5.91 Å². The first-order valence-corrected chi connectivity index (χ1v) is 14.8. The van der Waals surface area contributed by atoms with E-state index in [9.17, 15) is 14.4 Å². The molecule has 0 spiro atoms. The number of anilines is 1. The van der Waals surface area contributed by atoms with E-state index >= 15 is 4.39 Å². The second-order valence-electron chi connectivity index (χ2n) is 11.4. The van der Waals surface area contributed by atoms with Crippen LogP contribution in [0.5, 0.6) is 0 Å². The zero-order chi connectivity index (χ0) is 31.4. The van der Waals surface area contributed by atoms with Gasteiger partial charge >= 0.3 is 11.7 Å². The molecule has 0 radical (unpaired) electrons. The Hall–Kier alpha value is -4.57. The van der Waals surface area contributed by atoms with Gasteiger partial charge in [0.15, 0.2) is 0 Å². The monoisotopic (exact) mass is 615 g/mol. The van der Waals surface area contributed by atoms with Crippen molar-refractivity contribution in [3.05, 3.63) is 92.9 Å². The fraction of sp³-hybridized carbons (Fsp3) is 0.303. The maximum atomic E-state index is 15.6. The van der Waals surface area contributed by atoms with Gasteiger partial charge in [-0.15, -0.1) is 0 Å². The van der Waals surface area contributed by atoms with Crippen LogP contribution >= 0.6 is 11.6 Å². The predicted octanol–water partition coefficient (Wildman–Crippen LogP) is 5.57. The summed E-state index contributed by atoms with van der Waals surface area (Å²) >= 11 is 6.98. The van der Waals surface area contributed by atoms with E-state index in [1.54, 1.807) is 17.2 Å². The molecule has 2 aromatic heterocycles. The lowest BCUT2D eigenvalue weighted by Crippen LogP contribution is -2.54. The highest BCUT2D eigenvalue weighted by atomic mass is 35.5. The van der Waals surface area contributed by atoms with Crippen molar-refractivity contribution in [1.29, 1.82) is 0 Å². The van der Waals surface area contributed by atoms with E-state index in [0.717, 1.165) is 5.56 Å². The summed E-state index contributed by atoms with van der Waals surface area (Å²) in [7, 11) is 0. The minimum absolute atomic E-state index is 0.0196. The Bertz CT molecular complexity index is 1940. The quantitative estimate of drug-likeness (QED) is 0.219. The molecule has 1 fully saturated rings. The molecule has 226 valence electrons. The van der Waals surface area contributed by atoms with E-state index < -0.39 is 17.5 Å². The fourth-order valence-electron chi connectivity index (χ4n) is 6.30. The Labute approximate surface area is 258 Å². The molecule has 4 heterocycles. The number of aryl methyl sites for hydroxylation is 1. The van der Waals surface area contributed by atoms with E-state index in [2.05, 4.69) is 16.5 Å². The Morgan fingerprint density at radius 3 is 2.68 bits per heavy atom. The molecule has 6 rings (SSSR count). The number of cyclic esters (lactones) is 1. The number of hydrogen-bond donors (Lipinski definition) is 0. The molecule has 11 heteroatoms. The standard InChI is InChI=1S/C33H31ClFN5O4/c1-6-25(41)38-12-13-39(19(5)15-38)31-21-14-23(34)26-22(16-44-32(42)20-8-7-9-24(35)27(20)26)30(21)40(33(43)37-31)29-18(4)10-11-36-28(29)17(2)3/h6-11,14,17,19H,1,12-13,15-16H2,2-5H3/t19-/m0/s1. The first-order chi connectivity index (χ1) is 21.0. The second-order valence-corrected chi connectivity index (χ2v) is 11.9. The number of fused-ring (bicyclic) bond motifs is 5. The number of aromatic nitrogens is 3. The zero-order valence-electron chi connectivity index (χ0n) is 24.9. The van der Waals surface area contributed by atoms with Gasteiger partial charge in [0.25, 0.3) is 0 Å². The van der Waals surface area contributed by atoms with Crippen LogP contribution in [-0.2, 0) is 16.1 Å². The number of hydrogen-bond acceptors (Lipinski definition) is 7. The Balaban J connectivity index is 1.73. The van der Waals surface area contributed by atoms with Crippen molar-refractivity contribution in [2.75, 3.05) is 24.5 Å². The normalized spacial score (nSPS) is 16.4. The van der Waals surface area contributed by atoms with E-state index in [1.165, 1.54) is 28.8 Å². The number of carbonyl (C=O) groups excluding carboxylic acids is 2. The predicted molar refractivity (Wildman–Crippen MR) is 167 cm³/mol. The van der Waals surface area contributed by atoms with Crippen molar-refractivity contribution < 1.29 is 18.7 Å². The second kappa shape index (κ2) is 11.2. The molecule has 2 aromatic carbocycles. The first-order valence-electron chi connectivity index (χ1n) is 14.4. The number of benzene rings is 2. The molecule has 1 atom stereocenters. The highest BCUT2D eigenvalue weighted by Crippen LogP contribution is 2.44. The lowest BCUT2D eigenvalue weighted by Gasteiger charge is -2.40. The molecular formula is C33H31ClFN5O4. The molecule has 2 aliphatic heterocycles. The fourth-order valence-corrected chi connectivity index (χ4v) is 6.62. The first kappa shape index (κ1) is 29.5. The van der Waals surface area contributed by atoms with Crippen LogP contribution < -0.4 is 10.6 Å². The number of amides is 1. The molecule has 44 heavy (non-hydrogen) atoms. The van der Waals surface area contributed by atoms with E-state index in [1.807, 2.05) is 38.7 Å². The van der Waals surface area contributed by atoms with Crippen LogP contribution in [0.3, 0.4) is 0 Å². The molecule has 0 saturated carbocycles. The van der Waals surface area contributed by atoms with Crippen LogP contribution in [0.25, 0.3) is 27.7 Å². The summed E-state index contributed by atoms with van der Waals surface area (Å²) in [5.41, 5.74) is 2.58. The van der Waals surface area contributed by atoms with Gasteiger partial charge in [-0.3, -0.25) is 14.3 Å². The van der Waals surface area contributed by atoms with Crippen molar-refractivity contribution in [2.45, 2.75) is 46.3 Å². The van der Waals surface area contributed by atoms with Crippen molar-refractivity contribution in [3.63, 3.8) is 0 Å². The molecular weight excluding hydrogens is 585 g/mol. The third kappa shape index (κ3) is 4.64. The van der Waals surface area contributed by atoms with Crippen LogP contribution in [0.15, 0.2) is 54.0 Å². The molecule has 9 nitrogen and oxygen atoms in total. The number of ether oxygens (including phenoxy) is 1. The minimum Gasteiger partial charge on any atom is -0.457 e. The molecule has 0 aliphatic carbocycles. The third-order valence-electron chi connectivity index (χ3n) is 8.35. The molecule has 1 saturated heterocycles. The van der Waals surface area contributed by atoms with E-state index in [0.29, 0.717) is 53.3 Å². The van der Waals surface area contributed by atoms with Gasteiger partial charge in [0, 0.05) is 59.0 Å². The van der Waals surface area contributed by atoms with E-state index in [4.69, 9.17) is 16.3 Å². The lowest BCUT2D eigenvalue weighted by atomic mass is 9.93. The number of esters is 1. The third-order valence-corrected chi connectivity index (χ3v) is 8.65. The highest BCUT2D eigenvalue weighted by Gasteiger charge is 2.34. The molecule has 1 amide bonds. The largest absolute Gasteiger partial charge is 0.457 e. The zero-order valence-corrected chi connectivity index (χ0v) is 25.6. The summed E-state index contributed by atoms with van der Waals surface area (Å²) in [6.45, 7) is 12.3. The summed E-state index contributed by atoms with van der Waals surface area (Å²) < 4.78 is 22.8. The number of nitrogens with zero attached hydrogens (tertiary/aromatic N) is 5. The Morgan fingerprint density at radius 1 is 1.20 bits per heavy atom. The average molecular weight is 616 g/mol. The van der Waals surface area contributed by atoms with Gasteiger partial charge in [-0.25, -0.2) is 14.0 Å². The SMILES string of the molecule is C=CC(=O)N1CCN(c2nc(=O)n(-c3c(C)ccnc3C(C)C)c3c4c(c(Cl)cc23)-c2c(F)cccc2C(=O)OC4)[C@@H](C)C1. The summed E-state index contributed by atoms with van der Waals surface area (Å²) in [5.74, 6) is -1.18. The summed E-state index contributed by atoms with van der Waals surface area (Å²) in [6.07, 6.45) is 2.98. The van der Waals surface area contributed by atoms with Crippen LogP contribution in [0, 0.1) is 12.7 Å². The molecule has 2 aliphatic rings. The van der Waals surface area contributed by atoms with Gasteiger partial charge in [-0.1, -0.05) is 38.1 Å². The number of carbonyl (C=O) groups is 2. The summed E-state index contributed by atoms with van der Waals surface area (Å²) in [5, 5.41) is 0.711. The number of pyridine rings is 1. The minimum atomic E-state index is -0.694. The van der Waals surface area contributed by atoms with Crippen LogP contribution in [0.2, 0.25) is 5.02 Å². The van der Waals surface area contributed by atoms with Gasteiger partial charge < -0.3 is 14.5 Å². The Kier molecular flexibility index (Phi) is 7.49. The van der Waals surface area contributed by atoms with Gasteiger partial charge in [0.1, 0.15) is 18.2 Å². The van der Waals surface area contributed by atoms with Crippen molar-refractivity contribution in [1.82, 2.24) is 19.4 Å². The smallest absolute Gasteiger partial charge is 0.354 e. The van der Waals surface area contributed by atoms with Crippen LogP contribution in [0.4, 0.5) is 10.2 Å². The highest BCUT2D eigenvalue weighted by molar-refractivity contribution is 6.35. The lowest BCUT2D eigenvalue weighted by molar-refractivity contribution is -0.126. The molecule has 0 N–H and O–H groups in total. The number of piperazine rings is 1. The van der Waals surface area contributed by atoms with Gasteiger partial charge in [-0.05, 0) is 55.7 Å². The average Bonchev–Trinajstić information content (AvgIpc) is 3.14. The van der Waals surface area contributed by atoms with Gasteiger partial charge in [-0.2, -0.15) is 4.98 Å². The van der Waals surface area contributed by atoms with Crippen molar-refractivity contribution >= 4 is 40.2 Å². The number of halogens is 2. The molecule has 4 aromatic rings. The van der Waals surface area contributed by atoms with Crippen molar-refractivity contribution in [2.24, 2.45) is 0 Å². The van der Waals surface area contributed by atoms with Crippen molar-refractivity contribution in [3.8, 4) is 16.8 Å². The summed E-state index contributed by atoms with van der Waals surface area (Å²) in [6, 6.07) is 7.48. The van der Waals surface area contributed by atoms with Crippen LogP contribution in [-0.4, -0.2) is 57.0 Å². The maximum Gasteiger partial charge on any atom is 0.354 e. The Morgan fingerprint density at radius 2 is 1.98 bits per heavy atom. The molecule has 0 bridgehead atoms. The summed E-state index contributed by atoms with van der Waals surface area (Å²) in [4.78, 5) is 52.6. The van der Waals surface area contributed by atoms with E-state index in [-0.39, 0.29) is 46.2 Å². The van der Waals surface area contributed by atoms with Crippen LogP contribution in [0.1, 0.15) is 53.9 Å².